The summed E-state index contributed by atoms with van der Waals surface area (Å²) < 4.78 is 63.1. The normalized spacial score (nSPS) is 26.6. The van der Waals surface area contributed by atoms with E-state index in [-0.39, 0.29) is 5.56 Å². The summed E-state index contributed by atoms with van der Waals surface area (Å²) in [6.07, 6.45) is -4.82. The van der Waals surface area contributed by atoms with Crippen LogP contribution in [0.4, 0.5) is 8.78 Å². The van der Waals surface area contributed by atoms with Gasteiger partial charge in [0.2, 0.25) is 11.4 Å². The molecule has 1 unspecified atom stereocenters. The van der Waals surface area contributed by atoms with Gasteiger partial charge in [0, 0.05) is 5.56 Å². The summed E-state index contributed by atoms with van der Waals surface area (Å²) in [4.78, 5) is 26.5. The number of rotatable bonds is 7. The van der Waals surface area contributed by atoms with Crippen molar-refractivity contribution >= 4 is 32.5 Å². The molecule has 190 valence electrons. The van der Waals surface area contributed by atoms with Crippen molar-refractivity contribution in [2.24, 2.45) is 0 Å². The summed E-state index contributed by atoms with van der Waals surface area (Å²) >= 11 is 0. The lowest BCUT2D eigenvalue weighted by Crippen LogP contribution is -2.64. The van der Waals surface area contributed by atoms with Gasteiger partial charge in [-0.3, -0.25) is 9.59 Å². The number of benzene rings is 3. The van der Waals surface area contributed by atoms with Crippen LogP contribution in [-0.2, 0) is 23.8 Å². The van der Waals surface area contributed by atoms with Crippen molar-refractivity contribution in [1.29, 1.82) is 0 Å². The molecule has 0 bridgehead atoms. The molecular formula is C24H20F2O9S. The topological polar surface area (TPSA) is 147 Å². The highest BCUT2D eigenvalue weighted by atomic mass is 32.2. The van der Waals surface area contributed by atoms with Gasteiger partial charge in [-0.2, -0.15) is 17.2 Å². The Morgan fingerprint density at radius 2 is 1.56 bits per heavy atom. The van der Waals surface area contributed by atoms with Gasteiger partial charge in [-0.15, -0.1) is 0 Å². The quantitative estimate of drug-likeness (QED) is 0.240. The number of ketones is 2. The maximum atomic E-state index is 15.6. The number of Topliss-reactive ketones (excluding diaryl/α,β-unsaturated/α-hetero) is 2. The minimum Gasteiger partial charge on any atom is -0.380 e. The number of aliphatic hydroxyl groups excluding tert-OH is 1. The van der Waals surface area contributed by atoms with Gasteiger partial charge >= 0.3 is 11.9 Å². The third-order valence-corrected chi connectivity index (χ3v) is 6.33. The largest absolute Gasteiger partial charge is 0.380 e. The highest BCUT2D eigenvalue weighted by Gasteiger charge is 2.83. The predicted octanol–water partition coefficient (Wildman–Crippen LogP) is 1.71. The molecule has 0 saturated carbocycles. The molecule has 0 amide bonds. The van der Waals surface area contributed by atoms with Crippen molar-refractivity contribution in [3.8, 4) is 0 Å². The zero-order valence-electron chi connectivity index (χ0n) is 18.5. The van der Waals surface area contributed by atoms with Crippen LogP contribution in [0.1, 0.15) is 22.0 Å². The SMILES string of the molecule is CS(=O)(=O)O[C@]1(O)O[C@H](C(=O)C(O)c2ccccc2)[C@](O)(C(=O)c2ccc3ccccc3c2)C1(F)F. The smallest absolute Gasteiger partial charge is 0.367 e. The fourth-order valence-corrected chi connectivity index (χ4v) is 4.58. The predicted molar refractivity (Wildman–Crippen MR) is 120 cm³/mol. The van der Waals surface area contributed by atoms with Crippen LogP contribution in [0, 0.1) is 0 Å². The van der Waals surface area contributed by atoms with Crippen LogP contribution < -0.4 is 0 Å². The molecule has 0 aromatic heterocycles. The summed E-state index contributed by atoms with van der Waals surface area (Å²) in [5.74, 6) is -13.1. The first-order chi connectivity index (χ1) is 16.7. The maximum Gasteiger partial charge on any atom is 0.367 e. The minimum atomic E-state index is -5.21. The first-order valence-electron chi connectivity index (χ1n) is 10.4. The fraction of sp³-hybridized carbons (Fsp3) is 0.250. The van der Waals surface area contributed by atoms with Crippen LogP contribution in [0.3, 0.4) is 0 Å². The van der Waals surface area contributed by atoms with Crippen LogP contribution in [-0.4, -0.2) is 65.2 Å². The molecule has 0 aliphatic carbocycles. The molecule has 1 aliphatic rings. The van der Waals surface area contributed by atoms with Crippen LogP contribution in [0.25, 0.3) is 10.8 Å². The fourth-order valence-electron chi connectivity index (χ4n) is 4.02. The molecule has 3 aromatic carbocycles. The molecule has 3 N–H and O–H groups in total. The molecule has 9 nitrogen and oxygen atoms in total. The Morgan fingerprint density at radius 3 is 2.17 bits per heavy atom. The molecule has 4 atom stereocenters. The molecule has 36 heavy (non-hydrogen) atoms. The zero-order valence-corrected chi connectivity index (χ0v) is 19.4. The van der Waals surface area contributed by atoms with Gasteiger partial charge in [-0.1, -0.05) is 66.7 Å². The van der Waals surface area contributed by atoms with Crippen molar-refractivity contribution in [2.75, 3.05) is 6.26 Å². The van der Waals surface area contributed by atoms with Crippen molar-refractivity contribution in [3.63, 3.8) is 0 Å². The van der Waals surface area contributed by atoms with Gasteiger partial charge in [0.15, 0.2) is 11.9 Å². The lowest BCUT2D eigenvalue weighted by Gasteiger charge is -2.33. The Bertz CT molecular complexity index is 1440. The maximum absolute atomic E-state index is 15.6. The third kappa shape index (κ3) is 4.11. The number of alkyl halides is 2. The summed E-state index contributed by atoms with van der Waals surface area (Å²) in [6, 6.07) is 17.1. The number of ether oxygens (including phenoxy) is 1. The third-order valence-electron chi connectivity index (χ3n) is 5.80. The minimum absolute atomic E-state index is 0.102. The Balaban J connectivity index is 1.86. The van der Waals surface area contributed by atoms with E-state index >= 15 is 8.78 Å². The van der Waals surface area contributed by atoms with Gasteiger partial charge in [0.1, 0.15) is 6.10 Å². The van der Waals surface area contributed by atoms with E-state index in [4.69, 9.17) is 0 Å². The number of aliphatic hydroxyl groups is 3. The van der Waals surface area contributed by atoms with Crippen molar-refractivity contribution in [2.45, 2.75) is 29.7 Å². The second-order valence-electron chi connectivity index (χ2n) is 8.31. The highest BCUT2D eigenvalue weighted by Crippen LogP contribution is 2.53. The molecule has 0 spiro atoms. The second-order valence-corrected chi connectivity index (χ2v) is 9.89. The van der Waals surface area contributed by atoms with E-state index in [0.717, 1.165) is 12.1 Å². The number of fused-ring (bicyclic) bond motifs is 1. The highest BCUT2D eigenvalue weighted by molar-refractivity contribution is 7.86. The monoisotopic (exact) mass is 522 g/mol. The van der Waals surface area contributed by atoms with Crippen LogP contribution in [0.2, 0.25) is 0 Å². The number of carbonyl (C=O) groups is 2. The summed E-state index contributed by atoms with van der Waals surface area (Å²) in [6.45, 7) is 0. The molecule has 1 aliphatic heterocycles. The Morgan fingerprint density at radius 1 is 0.972 bits per heavy atom. The van der Waals surface area contributed by atoms with Crippen molar-refractivity contribution < 1.29 is 51.0 Å². The molecule has 3 aromatic rings. The average Bonchev–Trinajstić information content (AvgIpc) is 2.99. The van der Waals surface area contributed by atoms with Gasteiger partial charge in [-0.25, -0.2) is 4.18 Å². The van der Waals surface area contributed by atoms with E-state index in [9.17, 15) is 33.3 Å². The van der Waals surface area contributed by atoms with E-state index in [1.54, 1.807) is 30.3 Å². The number of halogens is 2. The van der Waals surface area contributed by atoms with Crippen LogP contribution in [0.5, 0.6) is 0 Å². The molecule has 1 heterocycles. The Labute approximate surface area is 203 Å². The molecule has 1 saturated heterocycles. The number of carbonyl (C=O) groups excluding carboxylic acids is 2. The van der Waals surface area contributed by atoms with Gasteiger partial charge in [-0.05, 0) is 22.4 Å². The van der Waals surface area contributed by atoms with E-state index in [1.165, 1.54) is 30.3 Å². The molecule has 4 rings (SSSR count). The Kier molecular flexibility index (Phi) is 6.32. The van der Waals surface area contributed by atoms with E-state index in [0.29, 0.717) is 17.0 Å². The average molecular weight is 522 g/mol. The molecular weight excluding hydrogens is 502 g/mol. The molecule has 12 heteroatoms. The van der Waals surface area contributed by atoms with Gasteiger partial charge in [0.25, 0.3) is 10.1 Å². The lowest BCUT2D eigenvalue weighted by atomic mass is 9.79. The molecule has 1 fully saturated rings. The van der Waals surface area contributed by atoms with Crippen molar-refractivity contribution in [1.82, 2.24) is 0 Å². The standard InChI is InChI=1S/C24H20F2O9S/c1-36(32,33)35-24(31)23(25,26)22(30,20(29)17-12-11-14-7-5-6-10-16(14)13-17)21(34-24)19(28)18(27)15-8-3-2-4-9-15/h2-13,18,21,27,30-31H,1H3/t18?,21-,22-,24-/m1/s1. The van der Waals surface area contributed by atoms with E-state index < -0.39 is 57.0 Å². The van der Waals surface area contributed by atoms with Crippen LogP contribution >= 0.6 is 0 Å². The molecule has 0 radical (unpaired) electrons. The van der Waals surface area contributed by atoms with Gasteiger partial charge in [0.05, 0.1) is 6.26 Å². The number of hydrogen-bond acceptors (Lipinski definition) is 9. The summed E-state index contributed by atoms with van der Waals surface area (Å²) in [7, 11) is -4.88. The zero-order chi connectivity index (χ0) is 26.5. The van der Waals surface area contributed by atoms with E-state index in [2.05, 4.69) is 8.92 Å². The first-order valence-corrected chi connectivity index (χ1v) is 12.2. The number of hydrogen-bond donors (Lipinski definition) is 3. The Hall–Kier alpha value is -3.13. The summed E-state index contributed by atoms with van der Waals surface area (Å²) in [5, 5.41) is 33.1. The van der Waals surface area contributed by atoms with Crippen molar-refractivity contribution in [3.05, 3.63) is 83.9 Å². The van der Waals surface area contributed by atoms with E-state index in [1.807, 2.05) is 0 Å². The first kappa shape index (κ1) is 25.9. The van der Waals surface area contributed by atoms with Crippen LogP contribution in [0.15, 0.2) is 72.8 Å². The lowest BCUT2D eigenvalue weighted by molar-refractivity contribution is -0.381. The van der Waals surface area contributed by atoms with Gasteiger partial charge < -0.3 is 20.1 Å². The summed E-state index contributed by atoms with van der Waals surface area (Å²) in [5.41, 5.74) is -4.79. The second kappa shape index (κ2) is 8.76.